The van der Waals surface area contributed by atoms with Crippen molar-refractivity contribution in [1.82, 2.24) is 9.88 Å². The minimum atomic E-state index is -4.80. The molecular formula is C26H23ClF3N3O2. The van der Waals surface area contributed by atoms with E-state index < -0.39 is 6.36 Å². The average molecular weight is 502 g/mol. The number of aromatic nitrogens is 1. The number of ether oxygens (including phenoxy) is 1. The molecule has 0 spiro atoms. The smallest absolute Gasteiger partial charge is 0.406 e. The van der Waals surface area contributed by atoms with Gasteiger partial charge in [-0.15, -0.1) is 25.6 Å². The van der Waals surface area contributed by atoms with Crippen molar-refractivity contribution >= 4 is 29.1 Å². The van der Waals surface area contributed by atoms with Crippen LogP contribution in [0.1, 0.15) is 23.0 Å². The van der Waals surface area contributed by atoms with Gasteiger partial charge in [-0.05, 0) is 59.1 Å². The fourth-order valence-electron chi connectivity index (χ4n) is 4.61. The third-order valence-corrected chi connectivity index (χ3v) is 6.03. The molecule has 0 bridgehead atoms. The number of hydrogen-bond acceptors (Lipinski definition) is 3. The monoisotopic (exact) mass is 501 g/mol. The Morgan fingerprint density at radius 1 is 0.971 bits per heavy atom. The molecule has 182 valence electrons. The number of benzene rings is 3. The van der Waals surface area contributed by atoms with E-state index in [1.54, 1.807) is 12.1 Å². The van der Waals surface area contributed by atoms with E-state index >= 15 is 0 Å². The molecule has 35 heavy (non-hydrogen) atoms. The second kappa shape index (κ2) is 9.64. The quantitative estimate of drug-likeness (QED) is 0.356. The molecule has 1 aromatic heterocycles. The molecule has 1 atom stereocenters. The van der Waals surface area contributed by atoms with Crippen LogP contribution in [0.2, 0.25) is 0 Å². The van der Waals surface area contributed by atoms with Crippen LogP contribution >= 0.6 is 12.4 Å². The van der Waals surface area contributed by atoms with Crippen LogP contribution in [0.4, 0.5) is 13.2 Å². The van der Waals surface area contributed by atoms with Gasteiger partial charge >= 0.3 is 6.36 Å². The Bertz CT molecular complexity index is 1380. The second-order valence-corrected chi connectivity index (χ2v) is 8.24. The summed E-state index contributed by atoms with van der Waals surface area (Å²) < 4.78 is 44.7. The summed E-state index contributed by atoms with van der Waals surface area (Å²) >= 11 is 0. The predicted molar refractivity (Wildman–Crippen MR) is 132 cm³/mol. The lowest BCUT2D eigenvalue weighted by molar-refractivity contribution is -0.274. The van der Waals surface area contributed by atoms with Crippen molar-refractivity contribution in [2.45, 2.75) is 18.8 Å². The van der Waals surface area contributed by atoms with Crippen molar-refractivity contribution in [1.29, 1.82) is 0 Å². The summed E-state index contributed by atoms with van der Waals surface area (Å²) in [6.07, 6.45) is -4.16. The molecule has 1 amide bonds. The number of nitrogens with zero attached hydrogens (tertiary/aromatic N) is 1. The van der Waals surface area contributed by atoms with Gasteiger partial charge < -0.3 is 20.4 Å². The highest BCUT2D eigenvalue weighted by Gasteiger charge is 2.32. The fourth-order valence-corrected chi connectivity index (χ4v) is 4.61. The Morgan fingerprint density at radius 3 is 2.49 bits per heavy atom. The average Bonchev–Trinajstić information content (AvgIpc) is 3.22. The van der Waals surface area contributed by atoms with Gasteiger partial charge in [0, 0.05) is 12.1 Å². The highest BCUT2D eigenvalue weighted by atomic mass is 35.5. The van der Waals surface area contributed by atoms with Gasteiger partial charge in [-0.2, -0.15) is 0 Å². The molecule has 0 aliphatic carbocycles. The highest BCUT2D eigenvalue weighted by molar-refractivity contribution is 5.99. The zero-order valence-electron chi connectivity index (χ0n) is 18.5. The predicted octanol–water partition coefficient (Wildman–Crippen LogP) is 5.93. The SMILES string of the molecule is Cl.NCC[C@H]1CNC(=O)c2cc(-c3cccc(OC(F)(F)F)c3)c(-c3ccc4ccccc4c3)n21. The number of nitrogens with two attached hydrogens (primary N) is 1. The van der Waals surface area contributed by atoms with Crippen molar-refractivity contribution in [2.24, 2.45) is 5.73 Å². The zero-order chi connectivity index (χ0) is 23.9. The second-order valence-electron chi connectivity index (χ2n) is 8.24. The lowest BCUT2D eigenvalue weighted by Gasteiger charge is -2.28. The van der Waals surface area contributed by atoms with Crippen LogP contribution in [0.25, 0.3) is 33.2 Å². The van der Waals surface area contributed by atoms with Crippen molar-refractivity contribution in [3.8, 4) is 28.1 Å². The largest absolute Gasteiger partial charge is 0.573 e. The molecule has 0 saturated carbocycles. The van der Waals surface area contributed by atoms with E-state index in [2.05, 4.69) is 10.1 Å². The molecule has 0 saturated heterocycles. The first-order valence-corrected chi connectivity index (χ1v) is 10.9. The normalized spacial score (nSPS) is 15.3. The number of halogens is 4. The molecular weight excluding hydrogens is 479 g/mol. The van der Waals surface area contributed by atoms with E-state index in [4.69, 9.17) is 5.73 Å². The van der Waals surface area contributed by atoms with E-state index in [-0.39, 0.29) is 30.1 Å². The summed E-state index contributed by atoms with van der Waals surface area (Å²) in [4.78, 5) is 12.8. The van der Waals surface area contributed by atoms with Gasteiger partial charge in [0.05, 0.1) is 11.7 Å². The van der Waals surface area contributed by atoms with E-state index in [9.17, 15) is 18.0 Å². The highest BCUT2D eigenvalue weighted by Crippen LogP contribution is 2.41. The maximum Gasteiger partial charge on any atom is 0.573 e. The van der Waals surface area contributed by atoms with Crippen LogP contribution in [0, 0.1) is 0 Å². The van der Waals surface area contributed by atoms with Gasteiger partial charge in [-0.25, -0.2) is 0 Å². The maximum atomic E-state index is 12.8. The van der Waals surface area contributed by atoms with Crippen LogP contribution < -0.4 is 15.8 Å². The fraction of sp³-hybridized carbons (Fsp3) is 0.192. The van der Waals surface area contributed by atoms with E-state index in [0.717, 1.165) is 22.0 Å². The first-order valence-electron chi connectivity index (χ1n) is 10.9. The Kier molecular flexibility index (Phi) is 6.78. The molecule has 0 radical (unpaired) electrons. The number of alkyl halides is 3. The molecule has 0 fully saturated rings. The van der Waals surface area contributed by atoms with E-state index in [0.29, 0.717) is 36.3 Å². The lowest BCUT2D eigenvalue weighted by atomic mass is 9.98. The molecule has 5 nitrogen and oxygen atoms in total. The minimum absolute atomic E-state index is 0. The number of amides is 1. The molecule has 9 heteroatoms. The van der Waals surface area contributed by atoms with Crippen molar-refractivity contribution in [3.63, 3.8) is 0 Å². The Hall–Kier alpha value is -3.49. The molecule has 1 aliphatic heterocycles. The third-order valence-electron chi connectivity index (χ3n) is 6.03. The number of hydrogen-bond donors (Lipinski definition) is 2. The lowest BCUT2D eigenvalue weighted by Crippen LogP contribution is -2.39. The van der Waals surface area contributed by atoms with Gasteiger partial charge in [0.15, 0.2) is 0 Å². The topological polar surface area (TPSA) is 69.3 Å². The Balaban J connectivity index is 0.00000289. The van der Waals surface area contributed by atoms with Gasteiger partial charge in [-0.3, -0.25) is 4.79 Å². The van der Waals surface area contributed by atoms with Crippen molar-refractivity contribution < 1.29 is 22.7 Å². The van der Waals surface area contributed by atoms with Crippen molar-refractivity contribution in [2.75, 3.05) is 13.1 Å². The molecule has 1 aliphatic rings. The van der Waals surface area contributed by atoms with Gasteiger partial charge in [0.1, 0.15) is 11.4 Å². The standard InChI is InChI=1S/C26H22F3N3O2.ClH/c27-26(28,29)34-21-7-3-6-18(13-21)22-14-23-25(33)31-15-20(10-11-30)32(23)24(22)19-9-8-16-4-1-2-5-17(16)12-19;/h1-9,12-14,20H,10-11,15,30H2,(H,31,33);1H/t20-;/m0./s1. The Morgan fingerprint density at radius 2 is 1.74 bits per heavy atom. The summed E-state index contributed by atoms with van der Waals surface area (Å²) in [5.41, 5.74) is 9.10. The van der Waals surface area contributed by atoms with E-state index in [1.165, 1.54) is 18.2 Å². The van der Waals surface area contributed by atoms with Crippen LogP contribution in [0.15, 0.2) is 72.8 Å². The maximum absolute atomic E-state index is 12.8. The van der Waals surface area contributed by atoms with Gasteiger partial charge in [0.2, 0.25) is 0 Å². The molecule has 5 rings (SSSR count). The summed E-state index contributed by atoms with van der Waals surface area (Å²) in [5.74, 6) is -0.550. The third kappa shape index (κ3) is 4.85. The van der Waals surface area contributed by atoms with Crippen LogP contribution in [0.5, 0.6) is 5.75 Å². The number of carbonyl (C=O) groups is 1. The molecule has 3 N–H and O–H groups in total. The summed E-state index contributed by atoms with van der Waals surface area (Å²) in [6.45, 7) is 0.856. The number of carbonyl (C=O) groups excluding carboxylic acids is 1. The molecule has 0 unspecified atom stereocenters. The first kappa shape index (κ1) is 24.6. The molecule has 4 aromatic rings. The van der Waals surface area contributed by atoms with Crippen LogP contribution in [-0.4, -0.2) is 29.9 Å². The molecule has 3 aromatic carbocycles. The van der Waals surface area contributed by atoms with Crippen LogP contribution in [0.3, 0.4) is 0 Å². The summed E-state index contributed by atoms with van der Waals surface area (Å²) in [6, 6.07) is 21.4. The van der Waals surface area contributed by atoms with Gasteiger partial charge in [-0.1, -0.05) is 48.5 Å². The Labute approximate surface area is 206 Å². The van der Waals surface area contributed by atoms with Crippen molar-refractivity contribution in [3.05, 3.63) is 78.5 Å². The van der Waals surface area contributed by atoms with E-state index in [1.807, 2.05) is 47.0 Å². The summed E-state index contributed by atoms with van der Waals surface area (Å²) in [7, 11) is 0. The first-order chi connectivity index (χ1) is 16.3. The summed E-state index contributed by atoms with van der Waals surface area (Å²) in [5, 5.41) is 4.98. The minimum Gasteiger partial charge on any atom is -0.406 e. The number of fused-ring (bicyclic) bond motifs is 2. The van der Waals surface area contributed by atoms with Crippen LogP contribution in [-0.2, 0) is 0 Å². The number of rotatable bonds is 5. The number of nitrogens with one attached hydrogen (secondary N) is 1. The zero-order valence-corrected chi connectivity index (χ0v) is 19.3. The van der Waals surface area contributed by atoms with Gasteiger partial charge in [0.25, 0.3) is 5.91 Å². The molecule has 2 heterocycles.